The summed E-state index contributed by atoms with van der Waals surface area (Å²) in [5.41, 5.74) is 16.3. The van der Waals surface area contributed by atoms with Crippen LogP contribution in [0.2, 0.25) is 0 Å². The predicted molar refractivity (Wildman–Crippen MR) is 169 cm³/mol. The number of allylic oxidation sites excluding steroid dienone is 4. The van der Waals surface area contributed by atoms with Gasteiger partial charge in [-0.15, -0.1) is 23.2 Å². The van der Waals surface area contributed by atoms with Crippen LogP contribution in [0.3, 0.4) is 0 Å². The van der Waals surface area contributed by atoms with E-state index in [0.29, 0.717) is 23.7 Å². The largest absolute Gasteiger partial charge is 0.114 e. The molecule has 0 nitrogen and oxygen atoms in total. The summed E-state index contributed by atoms with van der Waals surface area (Å²) >= 11 is 15.9. The van der Waals surface area contributed by atoms with Crippen LogP contribution in [0.5, 0.6) is 0 Å². The number of rotatable bonds is 6. The SMILES string of the molecule is CC1=C(C)C(Cl)([SiH2]C2(Cl)C(C)=C(C)c3c(C(C)C)cc(C(C)C)cc32)c2cc(C(C)C)cc(C(C)C)c21.[Zr]. The molecule has 2 atom stereocenters. The fourth-order valence-corrected chi connectivity index (χ4v) is 11.2. The molecule has 2 aliphatic rings. The first-order chi connectivity index (χ1) is 17.1. The predicted octanol–water partition coefficient (Wildman–Crippen LogP) is 10.4. The molecule has 2 aromatic rings. The van der Waals surface area contributed by atoms with Gasteiger partial charge < -0.3 is 0 Å². The molecule has 38 heavy (non-hydrogen) atoms. The Hall–Kier alpha value is -0.400. The van der Waals surface area contributed by atoms with Crippen molar-refractivity contribution in [2.24, 2.45) is 0 Å². The van der Waals surface area contributed by atoms with Crippen molar-refractivity contribution in [2.45, 2.75) is 116 Å². The molecule has 0 fully saturated rings. The second-order valence-electron chi connectivity index (χ2n) is 13.0. The first-order valence-electron chi connectivity index (χ1n) is 14.2. The van der Waals surface area contributed by atoms with Crippen LogP contribution in [-0.4, -0.2) is 9.52 Å². The number of halogens is 2. The van der Waals surface area contributed by atoms with E-state index in [4.69, 9.17) is 23.2 Å². The van der Waals surface area contributed by atoms with Crippen LogP contribution < -0.4 is 0 Å². The zero-order chi connectivity index (χ0) is 27.8. The van der Waals surface area contributed by atoms with Gasteiger partial charge >= 0.3 is 0 Å². The van der Waals surface area contributed by atoms with Gasteiger partial charge in [0.1, 0.15) is 0 Å². The van der Waals surface area contributed by atoms with E-state index in [0.717, 1.165) is 0 Å². The monoisotopic (exact) mass is 642 g/mol. The maximum atomic E-state index is 7.95. The molecule has 2 aliphatic carbocycles. The molecule has 0 heterocycles. The molecule has 0 amide bonds. The van der Waals surface area contributed by atoms with Gasteiger partial charge in [-0.05, 0) is 118 Å². The van der Waals surface area contributed by atoms with Crippen molar-refractivity contribution in [2.75, 3.05) is 0 Å². The molecule has 0 saturated carbocycles. The Labute approximate surface area is 264 Å². The minimum Gasteiger partial charge on any atom is -0.114 e. The summed E-state index contributed by atoms with van der Waals surface area (Å²) in [7, 11) is -1.15. The molecule has 0 aliphatic heterocycles. The first-order valence-corrected chi connectivity index (χ1v) is 16.3. The molecule has 0 N–H and O–H groups in total. The Morgan fingerprint density at radius 2 is 0.868 bits per heavy atom. The summed E-state index contributed by atoms with van der Waals surface area (Å²) < 4.78 is -1.02. The van der Waals surface area contributed by atoms with Gasteiger partial charge in [0.25, 0.3) is 0 Å². The Bertz CT molecular complexity index is 1230. The maximum Gasteiger partial charge on any atom is 0.0923 e. The standard InChI is InChI=1S/C34H46Cl2Si.Zr/c1-17(2)25-13-27(19(5)6)31-21(9)23(11)33(35,29(31)15-25)37-34(36)24(12)22(10)32-28(20(7)8)14-26(18(3)4)16-30(32)34;/h13-20H,37H2,1-12H3;. The minimum atomic E-state index is -1.15. The van der Waals surface area contributed by atoms with Crippen molar-refractivity contribution < 1.29 is 26.2 Å². The van der Waals surface area contributed by atoms with Gasteiger partial charge in [-0.1, -0.05) is 79.7 Å². The molecular weight excluding hydrogens is 599 g/mol. The van der Waals surface area contributed by atoms with E-state index in [9.17, 15) is 0 Å². The molecule has 0 bridgehead atoms. The van der Waals surface area contributed by atoms with Crippen LogP contribution in [-0.2, 0) is 35.2 Å². The van der Waals surface area contributed by atoms with Gasteiger partial charge in [0.2, 0.25) is 0 Å². The summed E-state index contributed by atoms with van der Waals surface area (Å²) in [6.07, 6.45) is 0. The number of alkyl halides is 2. The zero-order valence-corrected chi connectivity index (χ0v) is 31.0. The Morgan fingerprint density at radius 1 is 0.553 bits per heavy atom. The van der Waals surface area contributed by atoms with Gasteiger partial charge in [0, 0.05) is 26.2 Å². The number of hydrogen-bond acceptors (Lipinski definition) is 0. The smallest absolute Gasteiger partial charge is 0.0923 e. The third kappa shape index (κ3) is 4.86. The van der Waals surface area contributed by atoms with Gasteiger partial charge in [-0.3, -0.25) is 0 Å². The van der Waals surface area contributed by atoms with Crippen LogP contribution >= 0.6 is 23.2 Å². The summed E-state index contributed by atoms with van der Waals surface area (Å²) in [6.45, 7) is 27.5. The van der Waals surface area contributed by atoms with E-state index in [1.807, 2.05) is 0 Å². The Balaban J connectivity index is 0.00000400. The van der Waals surface area contributed by atoms with Crippen LogP contribution in [0.15, 0.2) is 35.4 Å². The van der Waals surface area contributed by atoms with Crippen LogP contribution in [0.4, 0.5) is 0 Å². The van der Waals surface area contributed by atoms with Crippen molar-refractivity contribution in [1.29, 1.82) is 0 Å². The van der Waals surface area contributed by atoms with Crippen molar-refractivity contribution in [3.63, 3.8) is 0 Å². The summed E-state index contributed by atoms with van der Waals surface area (Å²) in [5, 5.41) is 0. The molecule has 0 aromatic heterocycles. The van der Waals surface area contributed by atoms with Crippen molar-refractivity contribution in [3.8, 4) is 0 Å². The summed E-state index contributed by atoms with van der Waals surface area (Å²) in [5.74, 6) is 1.79. The first kappa shape index (κ1) is 32.1. The average Bonchev–Trinajstić information content (AvgIpc) is 3.13. The molecule has 204 valence electrons. The van der Waals surface area contributed by atoms with Crippen molar-refractivity contribution in [1.82, 2.24) is 0 Å². The van der Waals surface area contributed by atoms with E-state index in [1.54, 1.807) is 0 Å². The van der Waals surface area contributed by atoms with Crippen molar-refractivity contribution >= 4 is 43.9 Å². The normalized spacial score (nSPS) is 23.1. The third-order valence-electron chi connectivity index (χ3n) is 9.36. The molecule has 2 unspecified atom stereocenters. The molecule has 0 saturated heterocycles. The van der Waals surface area contributed by atoms with E-state index in [-0.39, 0.29) is 26.2 Å². The second kappa shape index (κ2) is 11.1. The molecule has 0 radical (unpaired) electrons. The summed E-state index contributed by atoms with van der Waals surface area (Å²) in [4.78, 5) is 0. The Morgan fingerprint density at radius 3 is 1.13 bits per heavy atom. The molecule has 4 heteroatoms. The van der Waals surface area contributed by atoms with Gasteiger partial charge in [0.05, 0.1) is 18.5 Å². The minimum absolute atomic E-state index is 0. The van der Waals surface area contributed by atoms with E-state index in [2.05, 4.69) is 107 Å². The number of benzene rings is 2. The molecule has 4 rings (SSSR count). The van der Waals surface area contributed by atoms with Crippen LogP contribution in [0.1, 0.15) is 151 Å². The maximum absolute atomic E-state index is 7.95. The van der Waals surface area contributed by atoms with Crippen LogP contribution in [0, 0.1) is 0 Å². The second-order valence-corrected chi connectivity index (χ2v) is 17.6. The number of hydrogen-bond donors (Lipinski definition) is 0. The van der Waals surface area contributed by atoms with Gasteiger partial charge in [-0.2, -0.15) is 0 Å². The van der Waals surface area contributed by atoms with E-state index in [1.165, 1.54) is 66.8 Å². The molecule has 0 spiro atoms. The fraction of sp³-hybridized carbons (Fsp3) is 0.529. The molecular formula is C34H46Cl2SiZr. The van der Waals surface area contributed by atoms with E-state index >= 15 is 0 Å². The van der Waals surface area contributed by atoms with E-state index < -0.39 is 18.5 Å². The topological polar surface area (TPSA) is 0 Å². The third-order valence-corrected chi connectivity index (χ3v) is 13.9. The van der Waals surface area contributed by atoms with Gasteiger partial charge in [-0.25, -0.2) is 0 Å². The van der Waals surface area contributed by atoms with Gasteiger partial charge in [0.15, 0.2) is 0 Å². The van der Waals surface area contributed by atoms with Crippen LogP contribution in [0.25, 0.3) is 11.1 Å². The summed E-state index contributed by atoms with van der Waals surface area (Å²) in [6, 6.07) is 9.68. The zero-order valence-electron chi connectivity index (χ0n) is 25.6. The fourth-order valence-electron chi connectivity index (χ4n) is 6.58. The van der Waals surface area contributed by atoms with Crippen molar-refractivity contribution in [3.05, 3.63) is 79.9 Å². The Kier molecular flexibility index (Phi) is 9.39. The average molecular weight is 645 g/mol. The molecule has 2 aromatic carbocycles. The quantitative estimate of drug-likeness (QED) is 0.217. The number of fused-ring (bicyclic) bond motifs is 2.